The lowest BCUT2D eigenvalue weighted by molar-refractivity contribution is 0.0988. The fourth-order valence-corrected chi connectivity index (χ4v) is 2.70. The van der Waals surface area contributed by atoms with Crippen LogP contribution in [0.15, 0.2) is 36.8 Å². The average molecular weight is 250 g/mol. The van der Waals surface area contributed by atoms with Crippen molar-refractivity contribution >= 4 is 18.0 Å². The van der Waals surface area contributed by atoms with Crippen LogP contribution in [0.25, 0.3) is 0 Å². The molecule has 19 heavy (non-hydrogen) atoms. The molecule has 1 aliphatic rings. The van der Waals surface area contributed by atoms with E-state index < -0.39 is 0 Å². The van der Waals surface area contributed by atoms with E-state index in [4.69, 9.17) is 0 Å². The van der Waals surface area contributed by atoms with E-state index >= 15 is 0 Å². The van der Waals surface area contributed by atoms with Crippen LogP contribution in [0, 0.1) is 0 Å². The maximum Gasteiger partial charge on any atom is 0.185 e. The summed E-state index contributed by atoms with van der Waals surface area (Å²) in [6, 6.07) is 8.09. The highest BCUT2D eigenvalue weighted by molar-refractivity contribution is 6.73. The molecule has 3 nitrogen and oxygen atoms in total. The van der Waals surface area contributed by atoms with Gasteiger partial charge in [-0.2, -0.15) is 0 Å². The summed E-state index contributed by atoms with van der Waals surface area (Å²) < 4.78 is 0. The molecule has 0 N–H and O–H groups in total. The zero-order valence-electron chi connectivity index (χ0n) is 11.0. The predicted molar refractivity (Wildman–Crippen MR) is 76.3 cm³/mol. The number of fused-ring (bicyclic) bond motifs is 1. The van der Waals surface area contributed by atoms with Gasteiger partial charge < -0.3 is 0 Å². The molecule has 0 radical (unpaired) electrons. The normalized spacial score (nSPS) is 13.4. The first-order chi connectivity index (χ1) is 9.24. The van der Waals surface area contributed by atoms with E-state index in [2.05, 4.69) is 35.0 Å². The van der Waals surface area contributed by atoms with E-state index in [1.807, 2.05) is 0 Å². The molecule has 2 aromatic rings. The fourth-order valence-electron chi connectivity index (χ4n) is 2.70. The van der Waals surface area contributed by atoms with E-state index in [1.54, 1.807) is 12.3 Å². The van der Waals surface area contributed by atoms with Gasteiger partial charge in [0.25, 0.3) is 0 Å². The van der Waals surface area contributed by atoms with Gasteiger partial charge in [0, 0.05) is 12.6 Å². The molecule has 0 fully saturated rings. The minimum absolute atomic E-state index is 0.0491. The lowest BCUT2D eigenvalue weighted by Gasteiger charge is -2.06. The Balaban J connectivity index is 1.81. The van der Waals surface area contributed by atoms with Crippen LogP contribution >= 0.6 is 0 Å². The van der Waals surface area contributed by atoms with Crippen molar-refractivity contribution in [1.82, 2.24) is 9.97 Å². The van der Waals surface area contributed by atoms with Gasteiger partial charge in [-0.1, -0.05) is 42.4 Å². The molecule has 0 atom stereocenters. The number of hydrogen-bond acceptors (Lipinski definition) is 3. The topological polar surface area (TPSA) is 42.9 Å². The smallest absolute Gasteiger partial charge is 0.185 e. The lowest BCUT2D eigenvalue weighted by atomic mass is 9.48. The molecule has 0 unspecified atom stereocenters. The van der Waals surface area contributed by atoms with Crippen molar-refractivity contribution in [1.29, 1.82) is 0 Å². The molecule has 2 heterocycles. The van der Waals surface area contributed by atoms with Crippen LogP contribution in [0.4, 0.5) is 0 Å². The van der Waals surface area contributed by atoms with Crippen LogP contribution in [-0.2, 0) is 12.8 Å². The first-order valence-electron chi connectivity index (χ1n) is 6.65. The third-order valence-electron chi connectivity index (χ3n) is 3.82. The molecule has 0 saturated carbocycles. The quantitative estimate of drug-likeness (QED) is 0.616. The molecule has 94 valence electrons. The van der Waals surface area contributed by atoms with Gasteiger partial charge in [0.15, 0.2) is 12.5 Å². The number of aryl methyl sites for hydroxylation is 1. The van der Waals surface area contributed by atoms with Crippen molar-refractivity contribution in [2.24, 2.45) is 0 Å². The molecule has 3 rings (SSSR count). The first kappa shape index (κ1) is 12.1. The van der Waals surface area contributed by atoms with E-state index in [-0.39, 0.29) is 5.78 Å². The molecule has 1 aromatic carbocycles. The summed E-state index contributed by atoms with van der Waals surface area (Å²) in [7, 11) is 0. The van der Waals surface area contributed by atoms with Crippen molar-refractivity contribution in [3.63, 3.8) is 0 Å². The maximum atomic E-state index is 12.1. The molecule has 0 bridgehead atoms. The molecule has 0 saturated heterocycles. The second-order valence-corrected chi connectivity index (χ2v) is 5.17. The minimum Gasteiger partial charge on any atom is -0.292 e. The van der Waals surface area contributed by atoms with Gasteiger partial charge >= 0.3 is 0 Å². The second-order valence-electron chi connectivity index (χ2n) is 5.17. The van der Waals surface area contributed by atoms with E-state index in [0.29, 0.717) is 18.8 Å². The average Bonchev–Trinajstić information content (AvgIpc) is 2.81. The number of nitrogens with zero attached hydrogens (tertiary/aromatic N) is 2. The summed E-state index contributed by atoms with van der Waals surface area (Å²) in [6.45, 7) is 2.87. The Morgan fingerprint density at radius 2 is 2.26 bits per heavy atom. The molecule has 1 aromatic heterocycles. The summed E-state index contributed by atoms with van der Waals surface area (Å²) in [6.07, 6.45) is 5.81. The lowest BCUT2D eigenvalue weighted by Crippen LogP contribution is -2.23. The van der Waals surface area contributed by atoms with Crippen LogP contribution in [0.2, 0.25) is 13.1 Å². The van der Waals surface area contributed by atoms with Crippen molar-refractivity contribution in [3.05, 3.63) is 53.6 Å². The van der Waals surface area contributed by atoms with Crippen LogP contribution in [0.1, 0.15) is 21.6 Å². The highest BCUT2D eigenvalue weighted by Gasteiger charge is 2.21. The molecule has 4 heteroatoms. The Kier molecular flexibility index (Phi) is 3.16. The zero-order valence-corrected chi connectivity index (χ0v) is 11.0. The maximum absolute atomic E-state index is 12.1. The van der Waals surface area contributed by atoms with Crippen LogP contribution in [0.3, 0.4) is 0 Å². The standard InChI is InChI=1S/C15H15BN2O/c1-16-6-4-12-3-2-11(8-13(12)16)9-15(19)14-5-7-17-10-18-14/h2-3,5,7-8,10H,4,6,9H2,1H3. The monoisotopic (exact) mass is 250 g/mol. The number of hydrogen-bond donors (Lipinski definition) is 0. The van der Waals surface area contributed by atoms with Gasteiger partial charge in [-0.05, 0) is 18.1 Å². The molecule has 0 spiro atoms. The van der Waals surface area contributed by atoms with Gasteiger partial charge in [0.05, 0.1) is 0 Å². The van der Waals surface area contributed by atoms with Crippen molar-refractivity contribution < 1.29 is 4.79 Å². The van der Waals surface area contributed by atoms with Gasteiger partial charge in [-0.3, -0.25) is 4.79 Å². The van der Waals surface area contributed by atoms with Crippen molar-refractivity contribution in [2.75, 3.05) is 0 Å². The summed E-state index contributed by atoms with van der Waals surface area (Å²) in [4.78, 5) is 19.9. The summed E-state index contributed by atoms with van der Waals surface area (Å²) in [5, 5.41) is 0. The van der Waals surface area contributed by atoms with Crippen molar-refractivity contribution in [2.45, 2.75) is 26.0 Å². The Labute approximate surface area is 113 Å². The van der Waals surface area contributed by atoms with Gasteiger partial charge in [0.1, 0.15) is 12.0 Å². The SMILES string of the molecule is CB1CCc2ccc(CC(=O)c3ccncn3)cc21. The van der Waals surface area contributed by atoms with E-state index in [9.17, 15) is 4.79 Å². The van der Waals surface area contributed by atoms with Gasteiger partial charge in [-0.25, -0.2) is 9.97 Å². The number of carbonyl (C=O) groups excluding carboxylic acids is 1. The number of carbonyl (C=O) groups is 1. The third kappa shape index (κ3) is 2.43. The van der Waals surface area contributed by atoms with E-state index in [1.165, 1.54) is 23.7 Å². The molecular weight excluding hydrogens is 235 g/mol. The number of rotatable bonds is 3. The Morgan fingerprint density at radius 1 is 1.37 bits per heavy atom. The third-order valence-corrected chi connectivity index (χ3v) is 3.82. The summed E-state index contributed by atoms with van der Waals surface area (Å²) in [5.74, 6) is 0.0491. The first-order valence-corrected chi connectivity index (χ1v) is 6.65. The van der Waals surface area contributed by atoms with Gasteiger partial charge in [-0.15, -0.1) is 0 Å². The van der Waals surface area contributed by atoms with Crippen LogP contribution in [0.5, 0.6) is 0 Å². The van der Waals surface area contributed by atoms with Gasteiger partial charge in [0.2, 0.25) is 0 Å². The second kappa shape index (κ2) is 4.96. The summed E-state index contributed by atoms with van der Waals surface area (Å²) in [5.41, 5.74) is 4.42. The van der Waals surface area contributed by atoms with Crippen LogP contribution < -0.4 is 5.46 Å². The van der Waals surface area contributed by atoms with E-state index in [0.717, 1.165) is 12.0 Å². The number of ketones is 1. The predicted octanol–water partition coefficient (Wildman–Crippen LogP) is 1.79. The highest BCUT2D eigenvalue weighted by Crippen LogP contribution is 2.16. The fraction of sp³-hybridized carbons (Fsp3) is 0.267. The largest absolute Gasteiger partial charge is 0.292 e. The number of aromatic nitrogens is 2. The minimum atomic E-state index is 0.0491. The van der Waals surface area contributed by atoms with Crippen molar-refractivity contribution in [3.8, 4) is 0 Å². The molecular formula is C15H15BN2O. The number of benzene rings is 1. The Morgan fingerprint density at radius 3 is 3.05 bits per heavy atom. The number of Topliss-reactive ketones (excluding diaryl/α,β-unsaturated/α-hetero) is 1. The summed E-state index contributed by atoms with van der Waals surface area (Å²) >= 11 is 0. The highest BCUT2D eigenvalue weighted by atomic mass is 16.1. The Bertz CT molecular complexity index is 613. The molecule has 0 amide bonds. The Hall–Kier alpha value is -1.97. The zero-order chi connectivity index (χ0) is 13.2. The molecule has 0 aliphatic carbocycles. The van der Waals surface area contributed by atoms with Crippen LogP contribution in [-0.4, -0.2) is 22.5 Å². The molecule has 1 aliphatic heterocycles.